The second kappa shape index (κ2) is 7.70. The smallest absolute Gasteiger partial charge is 0.235 e. The third-order valence-electron chi connectivity index (χ3n) is 2.97. The first-order valence-corrected chi connectivity index (χ1v) is 8.16. The van der Waals surface area contributed by atoms with E-state index in [-0.39, 0.29) is 18.2 Å². The van der Waals surface area contributed by atoms with Crippen LogP contribution in [0, 0.1) is 0 Å². The lowest BCUT2D eigenvalue weighted by Gasteiger charge is -2.23. The third kappa shape index (κ3) is 6.32. The number of amides is 1. The summed E-state index contributed by atoms with van der Waals surface area (Å²) in [5.41, 5.74) is 0. The number of hydrogen-bond acceptors (Lipinski definition) is 4. The van der Waals surface area contributed by atoms with Crippen LogP contribution in [0.15, 0.2) is 0 Å². The number of likely N-dealkylation sites (N-methyl/N-ethyl adjacent to an activating group) is 1. The Labute approximate surface area is 109 Å². The van der Waals surface area contributed by atoms with Crippen molar-refractivity contribution in [3.63, 3.8) is 0 Å². The van der Waals surface area contributed by atoms with Crippen molar-refractivity contribution in [3.8, 4) is 0 Å². The van der Waals surface area contributed by atoms with Gasteiger partial charge in [0.25, 0.3) is 0 Å². The highest BCUT2D eigenvalue weighted by atomic mass is 32.2. The molecule has 1 rings (SSSR count). The minimum absolute atomic E-state index is 0.0735. The molecule has 0 bridgehead atoms. The van der Waals surface area contributed by atoms with Gasteiger partial charge in [-0.25, -0.2) is 13.1 Å². The zero-order valence-corrected chi connectivity index (χ0v) is 11.7. The number of rotatable bonds is 7. The van der Waals surface area contributed by atoms with E-state index in [1.165, 1.54) is 6.42 Å². The quantitative estimate of drug-likeness (QED) is 0.589. The van der Waals surface area contributed by atoms with E-state index in [9.17, 15) is 13.2 Å². The van der Waals surface area contributed by atoms with Gasteiger partial charge in [-0.2, -0.15) is 0 Å². The SMILES string of the molecule is CCNC(=O)CNS(=O)(=O)CCC1CCCCN1. The number of nitrogens with one attached hydrogen (secondary N) is 3. The number of carbonyl (C=O) groups is 1. The van der Waals surface area contributed by atoms with Crippen molar-refractivity contribution < 1.29 is 13.2 Å². The molecule has 1 heterocycles. The van der Waals surface area contributed by atoms with Crippen molar-refractivity contribution in [2.75, 3.05) is 25.4 Å². The molecule has 1 fully saturated rings. The number of sulfonamides is 1. The summed E-state index contributed by atoms with van der Waals surface area (Å²) < 4.78 is 25.6. The Kier molecular flexibility index (Phi) is 6.59. The molecular weight excluding hydrogens is 254 g/mol. The zero-order chi connectivity index (χ0) is 13.4. The van der Waals surface area contributed by atoms with E-state index in [1.807, 2.05) is 0 Å². The fourth-order valence-corrected chi connectivity index (χ4v) is 3.07. The van der Waals surface area contributed by atoms with Crippen molar-refractivity contribution in [1.29, 1.82) is 0 Å². The minimum Gasteiger partial charge on any atom is -0.355 e. The lowest BCUT2D eigenvalue weighted by molar-refractivity contribution is -0.119. The monoisotopic (exact) mass is 277 g/mol. The Morgan fingerprint density at radius 2 is 2.17 bits per heavy atom. The summed E-state index contributed by atoms with van der Waals surface area (Å²) in [6, 6.07) is 0.291. The molecule has 1 unspecified atom stereocenters. The maximum atomic E-state index is 11.7. The topological polar surface area (TPSA) is 87.3 Å². The lowest BCUT2D eigenvalue weighted by atomic mass is 10.0. The standard InChI is InChI=1S/C11H23N3O3S/c1-2-12-11(15)9-14-18(16,17)8-6-10-5-3-4-7-13-10/h10,13-14H,2-9H2,1H3,(H,12,15). The summed E-state index contributed by atoms with van der Waals surface area (Å²) in [6.07, 6.45) is 3.96. The fourth-order valence-electron chi connectivity index (χ4n) is 1.98. The van der Waals surface area contributed by atoms with Gasteiger partial charge in [-0.3, -0.25) is 4.79 Å². The van der Waals surface area contributed by atoms with Crippen molar-refractivity contribution in [2.45, 2.75) is 38.6 Å². The van der Waals surface area contributed by atoms with Crippen molar-refractivity contribution >= 4 is 15.9 Å². The Morgan fingerprint density at radius 1 is 1.39 bits per heavy atom. The van der Waals surface area contributed by atoms with Gasteiger partial charge in [0, 0.05) is 12.6 Å². The molecule has 0 aliphatic carbocycles. The first-order chi connectivity index (χ1) is 8.53. The van der Waals surface area contributed by atoms with E-state index < -0.39 is 10.0 Å². The van der Waals surface area contributed by atoms with Crippen molar-refractivity contribution in [2.24, 2.45) is 0 Å². The van der Waals surface area contributed by atoms with Crippen molar-refractivity contribution in [1.82, 2.24) is 15.4 Å². The van der Waals surface area contributed by atoms with E-state index in [2.05, 4.69) is 15.4 Å². The third-order valence-corrected chi connectivity index (χ3v) is 4.33. The fraction of sp³-hybridized carbons (Fsp3) is 0.909. The van der Waals surface area contributed by atoms with Gasteiger partial charge in [0.2, 0.25) is 15.9 Å². The van der Waals surface area contributed by atoms with Crippen LogP contribution in [0.2, 0.25) is 0 Å². The summed E-state index contributed by atoms with van der Waals surface area (Å²) in [4.78, 5) is 11.1. The van der Waals surface area contributed by atoms with Crippen molar-refractivity contribution in [3.05, 3.63) is 0 Å². The van der Waals surface area contributed by atoms with E-state index >= 15 is 0 Å². The first-order valence-electron chi connectivity index (χ1n) is 6.51. The van der Waals surface area contributed by atoms with Gasteiger partial charge in [0.15, 0.2) is 0 Å². The minimum atomic E-state index is -3.35. The van der Waals surface area contributed by atoms with Crippen LogP contribution in [0.4, 0.5) is 0 Å². The summed E-state index contributed by atoms with van der Waals surface area (Å²) in [7, 11) is -3.35. The summed E-state index contributed by atoms with van der Waals surface area (Å²) >= 11 is 0. The molecule has 1 aliphatic rings. The Balaban J connectivity index is 2.24. The van der Waals surface area contributed by atoms with Gasteiger partial charge in [-0.15, -0.1) is 0 Å². The lowest BCUT2D eigenvalue weighted by Crippen LogP contribution is -2.40. The maximum Gasteiger partial charge on any atom is 0.235 e. The van der Waals surface area contributed by atoms with Gasteiger partial charge in [-0.1, -0.05) is 6.42 Å². The van der Waals surface area contributed by atoms with Gasteiger partial charge >= 0.3 is 0 Å². The highest BCUT2D eigenvalue weighted by molar-refractivity contribution is 7.89. The number of piperidine rings is 1. The van der Waals surface area contributed by atoms with Gasteiger partial charge in [0.05, 0.1) is 12.3 Å². The second-order valence-corrected chi connectivity index (χ2v) is 6.46. The van der Waals surface area contributed by atoms with Crippen LogP contribution < -0.4 is 15.4 Å². The molecule has 1 atom stereocenters. The molecule has 0 aromatic carbocycles. The second-order valence-electron chi connectivity index (χ2n) is 4.53. The normalized spacial score (nSPS) is 20.6. The first kappa shape index (κ1) is 15.4. The van der Waals surface area contributed by atoms with Crippen LogP contribution in [0.3, 0.4) is 0 Å². The van der Waals surface area contributed by atoms with E-state index in [4.69, 9.17) is 0 Å². The zero-order valence-electron chi connectivity index (χ0n) is 10.9. The Morgan fingerprint density at radius 3 is 2.78 bits per heavy atom. The van der Waals surface area contributed by atoms with Crippen LogP contribution in [-0.4, -0.2) is 45.8 Å². The number of carbonyl (C=O) groups excluding carboxylic acids is 1. The molecule has 0 radical (unpaired) electrons. The van der Waals surface area contributed by atoms with Gasteiger partial charge < -0.3 is 10.6 Å². The molecule has 0 spiro atoms. The molecular formula is C11H23N3O3S. The molecule has 18 heavy (non-hydrogen) atoms. The number of hydrogen-bond donors (Lipinski definition) is 3. The summed E-state index contributed by atoms with van der Waals surface area (Å²) in [5, 5.41) is 5.85. The van der Waals surface area contributed by atoms with E-state index in [0.717, 1.165) is 19.4 Å². The summed E-state index contributed by atoms with van der Waals surface area (Å²) in [5.74, 6) is -0.221. The Bertz CT molecular complexity index is 351. The average Bonchev–Trinajstić information content (AvgIpc) is 2.36. The molecule has 6 nitrogen and oxygen atoms in total. The summed E-state index contributed by atoms with van der Waals surface area (Å²) in [6.45, 7) is 3.10. The maximum absolute atomic E-state index is 11.7. The van der Waals surface area contributed by atoms with Crippen LogP contribution in [0.5, 0.6) is 0 Å². The van der Waals surface area contributed by atoms with Gasteiger partial charge in [-0.05, 0) is 32.7 Å². The molecule has 0 saturated carbocycles. The van der Waals surface area contributed by atoms with E-state index in [0.29, 0.717) is 19.0 Å². The van der Waals surface area contributed by atoms with Crippen LogP contribution >= 0.6 is 0 Å². The highest BCUT2D eigenvalue weighted by Gasteiger charge is 2.17. The molecule has 7 heteroatoms. The predicted molar refractivity (Wildman–Crippen MR) is 70.7 cm³/mol. The molecule has 0 aromatic rings. The molecule has 3 N–H and O–H groups in total. The molecule has 1 saturated heterocycles. The van der Waals surface area contributed by atoms with Crippen LogP contribution in [0.1, 0.15) is 32.6 Å². The predicted octanol–water partition coefficient (Wildman–Crippen LogP) is -0.426. The highest BCUT2D eigenvalue weighted by Crippen LogP contribution is 2.10. The molecule has 1 aliphatic heterocycles. The van der Waals surface area contributed by atoms with Crippen LogP contribution in [0.25, 0.3) is 0 Å². The van der Waals surface area contributed by atoms with Crippen LogP contribution in [-0.2, 0) is 14.8 Å². The molecule has 106 valence electrons. The van der Waals surface area contributed by atoms with E-state index in [1.54, 1.807) is 6.92 Å². The average molecular weight is 277 g/mol. The van der Waals surface area contributed by atoms with Gasteiger partial charge in [0.1, 0.15) is 0 Å². The Hall–Kier alpha value is -0.660. The molecule has 0 aromatic heterocycles. The largest absolute Gasteiger partial charge is 0.355 e. The molecule has 1 amide bonds.